The lowest BCUT2D eigenvalue weighted by Gasteiger charge is -2.29. The molecule has 0 radical (unpaired) electrons. The lowest BCUT2D eigenvalue weighted by molar-refractivity contribution is -0.120. The average molecular weight is 423 g/mol. The van der Waals surface area contributed by atoms with Gasteiger partial charge in [0, 0.05) is 24.6 Å². The monoisotopic (exact) mass is 422 g/mol. The summed E-state index contributed by atoms with van der Waals surface area (Å²) in [6.07, 6.45) is 1.04. The Kier molecular flexibility index (Phi) is 6.47. The average Bonchev–Trinajstić information content (AvgIpc) is 3.16. The van der Waals surface area contributed by atoms with Crippen LogP contribution in [0.25, 0.3) is 10.6 Å². The third-order valence-electron chi connectivity index (χ3n) is 5.06. The number of rotatable bonds is 6. The largest absolute Gasteiger partial charge is 0.300 e. The predicted molar refractivity (Wildman–Crippen MR) is 112 cm³/mol. The van der Waals surface area contributed by atoms with Crippen LogP contribution in [0.5, 0.6) is 0 Å². The maximum atomic E-state index is 12.5. The second-order valence-electron chi connectivity index (χ2n) is 7.25. The highest BCUT2D eigenvalue weighted by atomic mass is 32.2. The van der Waals surface area contributed by atoms with Gasteiger partial charge in [0.1, 0.15) is 5.01 Å². The minimum absolute atomic E-state index is 0.0928. The van der Waals surface area contributed by atoms with Crippen LogP contribution < -0.4 is 5.32 Å². The number of nitrogens with one attached hydrogen (secondary N) is 1. The predicted octanol–water partition coefficient (Wildman–Crippen LogP) is 3.33. The number of hydrogen-bond acceptors (Lipinski definition) is 6. The molecule has 0 unspecified atom stereocenters. The minimum Gasteiger partial charge on any atom is -0.300 e. The van der Waals surface area contributed by atoms with Gasteiger partial charge in [-0.1, -0.05) is 49.4 Å². The maximum Gasteiger partial charge on any atom is 0.229 e. The van der Waals surface area contributed by atoms with Gasteiger partial charge < -0.3 is 5.32 Å². The Hall–Kier alpha value is -1.84. The van der Waals surface area contributed by atoms with Crippen LogP contribution >= 0.6 is 11.3 Å². The summed E-state index contributed by atoms with van der Waals surface area (Å²) in [5, 5.41) is 12.3. The fraction of sp³-hybridized carbons (Fsp3) is 0.526. The van der Waals surface area contributed by atoms with Crippen molar-refractivity contribution >= 4 is 32.4 Å². The van der Waals surface area contributed by atoms with E-state index >= 15 is 0 Å². The van der Waals surface area contributed by atoms with Gasteiger partial charge in [0.25, 0.3) is 0 Å². The van der Waals surface area contributed by atoms with Crippen LogP contribution in [0.1, 0.15) is 45.1 Å². The summed E-state index contributed by atoms with van der Waals surface area (Å²) in [5.74, 6) is 0.236. The summed E-state index contributed by atoms with van der Waals surface area (Å²) in [6, 6.07) is 8.20. The second-order valence-corrected chi connectivity index (χ2v) is 10.5. The van der Waals surface area contributed by atoms with E-state index in [4.69, 9.17) is 0 Å². The molecule has 1 aromatic carbocycles. The third-order valence-corrected chi connectivity index (χ3v) is 7.83. The summed E-state index contributed by atoms with van der Waals surface area (Å²) in [5.41, 5.74) is 2.23. The molecular formula is C19H26N4O3S2. The first-order chi connectivity index (χ1) is 13.3. The molecule has 2 aromatic rings. The lowest BCUT2D eigenvalue weighted by atomic mass is 9.97. The molecule has 1 amide bonds. The molecule has 1 aliphatic heterocycles. The Morgan fingerprint density at radius 3 is 2.43 bits per heavy atom. The molecule has 1 saturated heterocycles. The number of anilines is 1. The van der Waals surface area contributed by atoms with Gasteiger partial charge in [-0.15, -0.1) is 10.2 Å². The molecule has 0 spiro atoms. The fourth-order valence-electron chi connectivity index (χ4n) is 3.19. The fourth-order valence-corrected chi connectivity index (χ4v) is 5.07. The first kappa shape index (κ1) is 20.9. The maximum absolute atomic E-state index is 12.5. The van der Waals surface area contributed by atoms with Crippen molar-refractivity contribution in [3.63, 3.8) is 0 Å². The van der Waals surface area contributed by atoms with Gasteiger partial charge >= 0.3 is 0 Å². The highest BCUT2D eigenvalue weighted by Crippen LogP contribution is 2.29. The highest BCUT2D eigenvalue weighted by molar-refractivity contribution is 7.89. The molecule has 7 nitrogen and oxygen atoms in total. The summed E-state index contributed by atoms with van der Waals surface area (Å²) in [7, 11) is -3.18. The molecule has 152 valence electrons. The van der Waals surface area contributed by atoms with E-state index in [9.17, 15) is 13.2 Å². The summed E-state index contributed by atoms with van der Waals surface area (Å²) in [4.78, 5) is 12.5. The van der Waals surface area contributed by atoms with Crippen molar-refractivity contribution in [1.82, 2.24) is 14.5 Å². The molecule has 1 fully saturated rings. The Labute approximate surface area is 170 Å². The van der Waals surface area contributed by atoms with Crippen molar-refractivity contribution in [3.8, 4) is 10.6 Å². The molecule has 9 heteroatoms. The standard InChI is InChI=1S/C19H26N4O3S2/c1-4-28(25,26)23-11-9-15(10-12-23)17(24)20-19-22-21-18(27-19)16-7-5-14(6-8-16)13(2)3/h5-8,13,15H,4,9-12H2,1-3H3,(H,20,22,24). The number of nitrogens with zero attached hydrogens (tertiary/aromatic N) is 3. The van der Waals surface area contributed by atoms with E-state index < -0.39 is 10.0 Å². The number of hydrogen-bond donors (Lipinski definition) is 1. The van der Waals surface area contributed by atoms with Gasteiger partial charge in [0.15, 0.2) is 0 Å². The van der Waals surface area contributed by atoms with Crippen molar-refractivity contribution in [2.24, 2.45) is 5.92 Å². The van der Waals surface area contributed by atoms with Gasteiger partial charge in [0.05, 0.1) is 5.75 Å². The molecule has 28 heavy (non-hydrogen) atoms. The van der Waals surface area contributed by atoms with E-state index in [0.717, 1.165) is 10.6 Å². The van der Waals surface area contributed by atoms with Crippen molar-refractivity contribution < 1.29 is 13.2 Å². The van der Waals surface area contributed by atoms with Crippen LogP contribution in [-0.2, 0) is 14.8 Å². The van der Waals surface area contributed by atoms with Crippen molar-refractivity contribution in [3.05, 3.63) is 29.8 Å². The number of benzene rings is 1. The Bertz CT molecular complexity index is 915. The van der Waals surface area contributed by atoms with Crippen LogP contribution in [0.15, 0.2) is 24.3 Å². The molecule has 1 aromatic heterocycles. The summed E-state index contributed by atoms with van der Waals surface area (Å²) >= 11 is 1.34. The molecule has 0 saturated carbocycles. The molecule has 0 atom stereocenters. The first-order valence-corrected chi connectivity index (χ1v) is 11.9. The molecule has 0 aliphatic carbocycles. The Balaban J connectivity index is 1.59. The van der Waals surface area contributed by atoms with E-state index in [2.05, 4.69) is 41.5 Å². The van der Waals surface area contributed by atoms with E-state index in [-0.39, 0.29) is 17.6 Å². The van der Waals surface area contributed by atoms with Crippen LogP contribution in [0.2, 0.25) is 0 Å². The lowest BCUT2D eigenvalue weighted by Crippen LogP contribution is -2.42. The molecule has 1 aliphatic rings. The van der Waals surface area contributed by atoms with Gasteiger partial charge in [-0.3, -0.25) is 4.79 Å². The van der Waals surface area contributed by atoms with Crippen LogP contribution in [0.3, 0.4) is 0 Å². The number of piperidine rings is 1. The Morgan fingerprint density at radius 1 is 1.21 bits per heavy atom. The second kappa shape index (κ2) is 8.67. The minimum atomic E-state index is -3.18. The number of sulfonamides is 1. The van der Waals surface area contributed by atoms with E-state index in [1.54, 1.807) is 6.92 Å². The normalized spacial score (nSPS) is 16.4. The van der Waals surface area contributed by atoms with Gasteiger partial charge in [-0.05, 0) is 31.2 Å². The van der Waals surface area contributed by atoms with E-state index in [0.29, 0.717) is 37.0 Å². The summed E-state index contributed by atoms with van der Waals surface area (Å²) in [6.45, 7) is 6.71. The SMILES string of the molecule is CCS(=O)(=O)N1CCC(C(=O)Nc2nnc(-c3ccc(C(C)C)cc3)s2)CC1. The molecular weight excluding hydrogens is 396 g/mol. The zero-order chi connectivity index (χ0) is 20.3. The molecule has 1 N–H and O–H groups in total. The molecule has 0 bridgehead atoms. The number of amides is 1. The number of carbonyl (C=O) groups is 1. The number of aromatic nitrogens is 2. The van der Waals surface area contributed by atoms with Gasteiger partial charge in [-0.25, -0.2) is 12.7 Å². The van der Waals surface area contributed by atoms with Crippen molar-refractivity contribution in [2.45, 2.75) is 39.5 Å². The van der Waals surface area contributed by atoms with Crippen molar-refractivity contribution in [2.75, 3.05) is 24.2 Å². The van der Waals surface area contributed by atoms with E-state index in [1.807, 2.05) is 12.1 Å². The van der Waals surface area contributed by atoms with Crippen molar-refractivity contribution in [1.29, 1.82) is 0 Å². The smallest absolute Gasteiger partial charge is 0.229 e. The quantitative estimate of drug-likeness (QED) is 0.771. The zero-order valence-electron chi connectivity index (χ0n) is 16.4. The molecule has 2 heterocycles. The number of carbonyl (C=O) groups excluding carboxylic acids is 1. The first-order valence-electron chi connectivity index (χ1n) is 9.52. The van der Waals surface area contributed by atoms with E-state index in [1.165, 1.54) is 21.2 Å². The van der Waals surface area contributed by atoms with Gasteiger partial charge in [-0.2, -0.15) is 0 Å². The van der Waals surface area contributed by atoms with Crippen LogP contribution in [0.4, 0.5) is 5.13 Å². The van der Waals surface area contributed by atoms with Gasteiger partial charge in [0.2, 0.25) is 21.1 Å². The van der Waals surface area contributed by atoms with Crippen LogP contribution in [-0.4, -0.2) is 47.7 Å². The van der Waals surface area contributed by atoms with Crippen LogP contribution in [0, 0.1) is 5.92 Å². The third kappa shape index (κ3) is 4.76. The topological polar surface area (TPSA) is 92.3 Å². The molecule has 3 rings (SSSR count). The summed E-state index contributed by atoms with van der Waals surface area (Å²) < 4.78 is 25.3. The Morgan fingerprint density at radius 2 is 1.86 bits per heavy atom. The highest BCUT2D eigenvalue weighted by Gasteiger charge is 2.30. The zero-order valence-corrected chi connectivity index (χ0v) is 18.0.